The van der Waals surface area contributed by atoms with E-state index in [1.165, 1.54) is 5.56 Å². The van der Waals surface area contributed by atoms with Crippen LogP contribution >= 0.6 is 0 Å². The first-order valence-electron chi connectivity index (χ1n) is 6.07. The number of nitrogens with zero attached hydrogens (tertiary/aromatic N) is 2. The van der Waals surface area contributed by atoms with E-state index in [4.69, 9.17) is 4.42 Å². The Hall–Kier alpha value is -1.81. The van der Waals surface area contributed by atoms with Crippen molar-refractivity contribution in [1.29, 1.82) is 0 Å². The van der Waals surface area contributed by atoms with Gasteiger partial charge in [-0.3, -0.25) is 0 Å². The molecule has 1 unspecified atom stereocenters. The zero-order valence-corrected chi connectivity index (χ0v) is 11.1. The van der Waals surface area contributed by atoms with Gasteiger partial charge in [0, 0.05) is 19.3 Å². The molecule has 2 aromatic rings. The summed E-state index contributed by atoms with van der Waals surface area (Å²) in [6.07, 6.45) is 3.53. The maximum absolute atomic E-state index is 5.34. The predicted octanol–water partition coefficient (Wildman–Crippen LogP) is 2.59. The molecule has 0 saturated heterocycles. The van der Waals surface area contributed by atoms with E-state index < -0.39 is 0 Å². The predicted molar refractivity (Wildman–Crippen MR) is 72.5 cm³/mol. The molecule has 0 radical (unpaired) electrons. The van der Waals surface area contributed by atoms with Crippen molar-refractivity contribution < 1.29 is 4.42 Å². The Labute approximate surface area is 108 Å². The average molecular weight is 245 g/mol. The summed E-state index contributed by atoms with van der Waals surface area (Å²) in [6.45, 7) is 2.85. The van der Waals surface area contributed by atoms with Crippen molar-refractivity contribution in [2.45, 2.75) is 19.5 Å². The van der Waals surface area contributed by atoms with Crippen LogP contribution in [-0.4, -0.2) is 19.1 Å². The molecule has 2 aromatic heterocycles. The molecule has 18 heavy (non-hydrogen) atoms. The molecule has 0 aliphatic heterocycles. The second-order valence-corrected chi connectivity index (χ2v) is 4.39. The second kappa shape index (κ2) is 5.69. The number of aromatic nitrogens is 1. The Morgan fingerprint density at radius 3 is 2.94 bits per heavy atom. The topological polar surface area (TPSA) is 41.3 Å². The minimum atomic E-state index is 0.323. The molecule has 0 aliphatic carbocycles. The van der Waals surface area contributed by atoms with E-state index in [0.717, 1.165) is 18.1 Å². The highest BCUT2D eigenvalue weighted by molar-refractivity contribution is 5.41. The summed E-state index contributed by atoms with van der Waals surface area (Å²) in [5.74, 6) is 1.89. The van der Waals surface area contributed by atoms with Gasteiger partial charge in [-0.1, -0.05) is 0 Å². The minimum Gasteiger partial charge on any atom is -0.467 e. The Morgan fingerprint density at radius 2 is 2.28 bits per heavy atom. The maximum atomic E-state index is 5.34. The molecule has 96 valence electrons. The molecule has 0 saturated carbocycles. The monoisotopic (exact) mass is 245 g/mol. The lowest BCUT2D eigenvalue weighted by atomic mass is 10.1. The molecular formula is C14H19N3O. The molecule has 0 aromatic carbocycles. The summed E-state index contributed by atoms with van der Waals surface area (Å²) >= 11 is 0. The van der Waals surface area contributed by atoms with Crippen molar-refractivity contribution in [3.63, 3.8) is 0 Å². The van der Waals surface area contributed by atoms with E-state index in [9.17, 15) is 0 Å². The zero-order valence-electron chi connectivity index (χ0n) is 11.1. The largest absolute Gasteiger partial charge is 0.467 e. The van der Waals surface area contributed by atoms with E-state index >= 15 is 0 Å². The van der Waals surface area contributed by atoms with Crippen LogP contribution in [0.25, 0.3) is 0 Å². The van der Waals surface area contributed by atoms with Gasteiger partial charge in [0.1, 0.15) is 11.6 Å². The van der Waals surface area contributed by atoms with Gasteiger partial charge in [0.25, 0.3) is 0 Å². The normalized spacial score (nSPS) is 12.4. The van der Waals surface area contributed by atoms with Gasteiger partial charge in [-0.15, -0.1) is 0 Å². The molecule has 2 rings (SSSR count). The van der Waals surface area contributed by atoms with Crippen LogP contribution in [0.15, 0.2) is 41.1 Å². The summed E-state index contributed by atoms with van der Waals surface area (Å²) < 4.78 is 5.34. The van der Waals surface area contributed by atoms with Crippen LogP contribution < -0.4 is 10.2 Å². The van der Waals surface area contributed by atoms with Crippen molar-refractivity contribution in [1.82, 2.24) is 10.3 Å². The molecule has 0 spiro atoms. The van der Waals surface area contributed by atoms with Gasteiger partial charge in [-0.05, 0) is 43.8 Å². The Balaban J connectivity index is 2.12. The first kappa shape index (κ1) is 12.6. The van der Waals surface area contributed by atoms with Gasteiger partial charge in [0.2, 0.25) is 0 Å². The molecule has 1 N–H and O–H groups in total. The van der Waals surface area contributed by atoms with E-state index in [0.29, 0.717) is 6.04 Å². The van der Waals surface area contributed by atoms with Crippen LogP contribution in [0, 0.1) is 0 Å². The molecule has 0 aliphatic rings. The highest BCUT2D eigenvalue weighted by Gasteiger charge is 2.08. The van der Waals surface area contributed by atoms with Gasteiger partial charge in [-0.2, -0.15) is 0 Å². The minimum absolute atomic E-state index is 0.323. The SMILES string of the molecule is CNC(C)c1ccnc(N(C)Cc2ccco2)c1. The molecule has 4 heteroatoms. The third kappa shape index (κ3) is 2.90. The first-order valence-corrected chi connectivity index (χ1v) is 6.07. The number of rotatable bonds is 5. The highest BCUT2D eigenvalue weighted by atomic mass is 16.3. The first-order chi connectivity index (χ1) is 8.70. The number of nitrogens with one attached hydrogen (secondary N) is 1. The highest BCUT2D eigenvalue weighted by Crippen LogP contribution is 2.18. The van der Waals surface area contributed by atoms with E-state index in [-0.39, 0.29) is 0 Å². The fraction of sp³-hybridized carbons (Fsp3) is 0.357. The van der Waals surface area contributed by atoms with Crippen molar-refractivity contribution in [3.8, 4) is 0 Å². The summed E-state index contributed by atoms with van der Waals surface area (Å²) in [5.41, 5.74) is 1.23. The average Bonchev–Trinajstić information content (AvgIpc) is 2.90. The van der Waals surface area contributed by atoms with Crippen LogP contribution in [0.5, 0.6) is 0 Å². The third-order valence-corrected chi connectivity index (χ3v) is 3.07. The molecule has 0 bridgehead atoms. The van der Waals surface area contributed by atoms with Crippen molar-refractivity contribution in [2.24, 2.45) is 0 Å². The second-order valence-electron chi connectivity index (χ2n) is 4.39. The lowest BCUT2D eigenvalue weighted by molar-refractivity contribution is 0.507. The van der Waals surface area contributed by atoms with Crippen LogP contribution in [0.3, 0.4) is 0 Å². The summed E-state index contributed by atoms with van der Waals surface area (Å²) in [5, 5.41) is 3.23. The molecular weight excluding hydrogens is 226 g/mol. The molecule has 4 nitrogen and oxygen atoms in total. The van der Waals surface area contributed by atoms with Gasteiger partial charge in [0.05, 0.1) is 12.8 Å². The Kier molecular flexibility index (Phi) is 3.99. The van der Waals surface area contributed by atoms with Gasteiger partial charge >= 0.3 is 0 Å². The van der Waals surface area contributed by atoms with Crippen LogP contribution in [-0.2, 0) is 6.54 Å². The van der Waals surface area contributed by atoms with E-state index in [1.54, 1.807) is 6.26 Å². The van der Waals surface area contributed by atoms with E-state index in [2.05, 4.69) is 28.2 Å². The number of anilines is 1. The Morgan fingerprint density at radius 1 is 1.44 bits per heavy atom. The quantitative estimate of drug-likeness (QED) is 0.879. The van der Waals surface area contributed by atoms with Crippen LogP contribution in [0.4, 0.5) is 5.82 Å². The number of furan rings is 1. The van der Waals surface area contributed by atoms with Gasteiger partial charge < -0.3 is 14.6 Å². The van der Waals surface area contributed by atoms with Crippen molar-refractivity contribution >= 4 is 5.82 Å². The Bertz CT molecular complexity index is 482. The lowest BCUT2D eigenvalue weighted by Crippen LogP contribution is -2.18. The van der Waals surface area contributed by atoms with Crippen molar-refractivity contribution in [3.05, 3.63) is 48.0 Å². The molecule has 2 heterocycles. The summed E-state index contributed by atoms with van der Waals surface area (Å²) in [7, 11) is 3.97. The number of hydrogen-bond donors (Lipinski definition) is 1. The lowest BCUT2D eigenvalue weighted by Gasteiger charge is -2.19. The molecule has 1 atom stereocenters. The fourth-order valence-electron chi connectivity index (χ4n) is 1.80. The summed E-state index contributed by atoms with van der Waals surface area (Å²) in [4.78, 5) is 6.47. The standard InChI is InChI=1S/C14H19N3O/c1-11(15-2)12-6-7-16-14(9-12)17(3)10-13-5-4-8-18-13/h4-9,11,15H,10H2,1-3H3. The fourth-order valence-corrected chi connectivity index (χ4v) is 1.80. The number of pyridine rings is 1. The van der Waals surface area contributed by atoms with Gasteiger partial charge in [-0.25, -0.2) is 4.98 Å². The van der Waals surface area contributed by atoms with Crippen LogP contribution in [0.2, 0.25) is 0 Å². The van der Waals surface area contributed by atoms with Crippen molar-refractivity contribution in [2.75, 3.05) is 19.0 Å². The summed E-state index contributed by atoms with van der Waals surface area (Å²) in [6, 6.07) is 8.33. The third-order valence-electron chi connectivity index (χ3n) is 3.07. The molecule has 0 amide bonds. The molecule has 0 fully saturated rings. The van der Waals surface area contributed by atoms with E-state index in [1.807, 2.05) is 38.5 Å². The maximum Gasteiger partial charge on any atom is 0.128 e. The number of hydrogen-bond acceptors (Lipinski definition) is 4. The smallest absolute Gasteiger partial charge is 0.128 e. The van der Waals surface area contributed by atoms with Gasteiger partial charge in [0.15, 0.2) is 0 Å². The zero-order chi connectivity index (χ0) is 13.0. The van der Waals surface area contributed by atoms with Crippen LogP contribution in [0.1, 0.15) is 24.3 Å².